The smallest absolute Gasteiger partial charge is 0.247 e. The van der Waals surface area contributed by atoms with Crippen LogP contribution >= 0.6 is 11.8 Å². The van der Waals surface area contributed by atoms with Gasteiger partial charge in [-0.1, -0.05) is 43.3 Å². The van der Waals surface area contributed by atoms with Gasteiger partial charge >= 0.3 is 0 Å². The molecular weight excluding hydrogens is 460 g/mol. The van der Waals surface area contributed by atoms with E-state index in [1.165, 1.54) is 12.8 Å². The van der Waals surface area contributed by atoms with E-state index >= 15 is 0 Å². The molecular formula is C27H30N4O3S. The van der Waals surface area contributed by atoms with Gasteiger partial charge in [0.05, 0.1) is 11.8 Å². The maximum absolute atomic E-state index is 12.9. The molecule has 0 radical (unpaired) electrons. The van der Waals surface area contributed by atoms with Crippen molar-refractivity contribution in [3.05, 3.63) is 54.1 Å². The van der Waals surface area contributed by atoms with Gasteiger partial charge in [-0.15, -0.1) is 10.2 Å². The predicted molar refractivity (Wildman–Crippen MR) is 137 cm³/mol. The highest BCUT2D eigenvalue weighted by atomic mass is 32.2. The summed E-state index contributed by atoms with van der Waals surface area (Å²) in [5, 5.41) is 9.38. The highest BCUT2D eigenvalue weighted by molar-refractivity contribution is 7.99. The molecule has 182 valence electrons. The third kappa shape index (κ3) is 5.12. The van der Waals surface area contributed by atoms with E-state index in [1.54, 1.807) is 23.6 Å². The minimum Gasteiger partial charge on any atom is -0.490 e. The molecule has 1 aliphatic carbocycles. The summed E-state index contributed by atoms with van der Waals surface area (Å²) in [6.07, 6.45) is 6.42. The van der Waals surface area contributed by atoms with Crippen molar-refractivity contribution >= 4 is 23.4 Å². The van der Waals surface area contributed by atoms with Gasteiger partial charge in [-0.3, -0.25) is 9.69 Å². The first-order valence-electron chi connectivity index (χ1n) is 12.3. The van der Waals surface area contributed by atoms with Gasteiger partial charge in [0.2, 0.25) is 23.2 Å². The molecule has 3 aromatic rings. The lowest BCUT2D eigenvalue weighted by Gasteiger charge is -2.30. The first-order chi connectivity index (χ1) is 17.1. The molecule has 0 N–H and O–H groups in total. The van der Waals surface area contributed by atoms with Crippen molar-refractivity contribution in [2.75, 3.05) is 10.7 Å². The van der Waals surface area contributed by atoms with E-state index in [0.29, 0.717) is 16.7 Å². The predicted octanol–water partition coefficient (Wildman–Crippen LogP) is 6.20. The van der Waals surface area contributed by atoms with E-state index in [2.05, 4.69) is 17.1 Å². The molecule has 2 aromatic carbocycles. The van der Waals surface area contributed by atoms with Crippen LogP contribution in [0.25, 0.3) is 11.3 Å². The molecule has 1 amide bonds. The van der Waals surface area contributed by atoms with Gasteiger partial charge < -0.3 is 9.47 Å². The molecule has 1 aromatic heterocycles. The Morgan fingerprint density at radius 2 is 1.89 bits per heavy atom. The molecule has 7 nitrogen and oxygen atoms in total. The van der Waals surface area contributed by atoms with Gasteiger partial charge in [0.1, 0.15) is 5.75 Å². The standard InChI is InChI=1S/C27H30N4O3S/c1-3-4-17-35-27-28-25-24(29-30-27)22-11-7-8-12-23(22)31(18(2)32)26(34-25)19-13-15-21(16-14-19)33-20-9-5-6-10-20/h7-8,11-16,20,26H,3-6,9-10,17H2,1-2H3/t26-/m0/s1. The Labute approximate surface area is 210 Å². The third-order valence-electron chi connectivity index (χ3n) is 6.35. The van der Waals surface area contributed by atoms with Gasteiger partial charge in [-0.05, 0) is 62.4 Å². The second kappa shape index (κ2) is 10.6. The van der Waals surface area contributed by atoms with Gasteiger partial charge in [-0.2, -0.15) is 4.98 Å². The largest absolute Gasteiger partial charge is 0.490 e. The summed E-state index contributed by atoms with van der Waals surface area (Å²) in [5.41, 5.74) is 2.86. The number of thioether (sulfide) groups is 1. The van der Waals surface area contributed by atoms with Crippen molar-refractivity contribution in [3.8, 4) is 22.9 Å². The normalized spacial score (nSPS) is 17.3. The summed E-state index contributed by atoms with van der Waals surface area (Å²) in [6.45, 7) is 3.70. The van der Waals surface area contributed by atoms with Crippen molar-refractivity contribution < 1.29 is 14.3 Å². The fraction of sp³-hybridized carbons (Fsp3) is 0.407. The molecule has 1 saturated carbocycles. The maximum atomic E-state index is 12.9. The van der Waals surface area contributed by atoms with Crippen LogP contribution in [0.4, 0.5) is 5.69 Å². The average molecular weight is 491 g/mol. The number of fused-ring (bicyclic) bond motifs is 3. The summed E-state index contributed by atoms with van der Waals surface area (Å²) < 4.78 is 12.6. The molecule has 2 heterocycles. The zero-order chi connectivity index (χ0) is 24.2. The number of hydrogen-bond donors (Lipinski definition) is 0. The summed E-state index contributed by atoms with van der Waals surface area (Å²) >= 11 is 1.57. The minimum absolute atomic E-state index is 0.132. The summed E-state index contributed by atoms with van der Waals surface area (Å²) in [7, 11) is 0. The summed E-state index contributed by atoms with van der Waals surface area (Å²) in [6, 6.07) is 15.5. The van der Waals surface area contributed by atoms with Crippen molar-refractivity contribution in [2.45, 2.75) is 69.9 Å². The van der Waals surface area contributed by atoms with E-state index in [0.717, 1.165) is 54.0 Å². The number of unbranched alkanes of at least 4 members (excludes halogenated alkanes) is 1. The number of anilines is 1. The molecule has 35 heavy (non-hydrogen) atoms. The number of amides is 1. The second-order valence-electron chi connectivity index (χ2n) is 8.92. The zero-order valence-corrected chi connectivity index (χ0v) is 21.0. The molecule has 1 aliphatic heterocycles. The number of ether oxygens (including phenoxy) is 2. The van der Waals surface area contributed by atoms with E-state index in [-0.39, 0.29) is 12.0 Å². The maximum Gasteiger partial charge on any atom is 0.247 e. The average Bonchev–Trinajstić information content (AvgIpc) is 3.32. The molecule has 5 rings (SSSR count). The highest BCUT2D eigenvalue weighted by Crippen LogP contribution is 2.43. The topological polar surface area (TPSA) is 77.4 Å². The van der Waals surface area contributed by atoms with Crippen LogP contribution < -0.4 is 14.4 Å². The number of para-hydroxylation sites is 1. The number of carbonyl (C=O) groups is 1. The lowest BCUT2D eigenvalue weighted by molar-refractivity contribution is -0.118. The molecule has 0 unspecified atom stereocenters. The quantitative estimate of drug-likeness (QED) is 0.288. The lowest BCUT2D eigenvalue weighted by atomic mass is 10.1. The Balaban J connectivity index is 1.52. The van der Waals surface area contributed by atoms with E-state index in [9.17, 15) is 4.79 Å². The number of benzene rings is 2. The van der Waals surface area contributed by atoms with Crippen molar-refractivity contribution in [1.82, 2.24) is 15.2 Å². The Hall–Kier alpha value is -3.13. The number of hydrogen-bond acceptors (Lipinski definition) is 7. The number of aromatic nitrogens is 3. The van der Waals surface area contributed by atoms with Gasteiger partial charge in [0.25, 0.3) is 0 Å². The van der Waals surface area contributed by atoms with Crippen LogP contribution in [0, 0.1) is 0 Å². The third-order valence-corrected chi connectivity index (χ3v) is 7.27. The molecule has 0 spiro atoms. The van der Waals surface area contributed by atoms with E-state index < -0.39 is 6.23 Å². The number of carbonyl (C=O) groups excluding carboxylic acids is 1. The number of rotatable bonds is 7. The van der Waals surface area contributed by atoms with Gasteiger partial charge in [0.15, 0.2) is 5.69 Å². The lowest BCUT2D eigenvalue weighted by Crippen LogP contribution is -2.36. The van der Waals surface area contributed by atoms with E-state index in [1.807, 2.05) is 48.5 Å². The van der Waals surface area contributed by atoms with Crippen LogP contribution in [-0.4, -0.2) is 32.9 Å². The number of nitrogens with zero attached hydrogens (tertiary/aromatic N) is 4. The van der Waals surface area contributed by atoms with Gasteiger partial charge in [0, 0.05) is 23.8 Å². The van der Waals surface area contributed by atoms with E-state index in [4.69, 9.17) is 14.5 Å². The molecule has 0 saturated heterocycles. The minimum atomic E-state index is -0.694. The highest BCUT2D eigenvalue weighted by Gasteiger charge is 2.34. The second-order valence-corrected chi connectivity index (χ2v) is 9.98. The van der Waals surface area contributed by atoms with Crippen LogP contribution in [-0.2, 0) is 4.79 Å². The first kappa shape index (κ1) is 23.6. The molecule has 0 bridgehead atoms. The SMILES string of the molecule is CCCCSc1nnc2c(n1)O[C@@H](c1ccc(OC3CCCC3)cc1)N(C(C)=O)c1ccccc1-2. The van der Waals surface area contributed by atoms with Gasteiger partial charge in [-0.25, -0.2) is 0 Å². The summed E-state index contributed by atoms with van der Waals surface area (Å²) in [4.78, 5) is 19.3. The Morgan fingerprint density at radius 1 is 1.11 bits per heavy atom. The first-order valence-corrected chi connectivity index (χ1v) is 13.3. The molecule has 2 aliphatic rings. The van der Waals surface area contributed by atoms with Crippen LogP contribution in [0.1, 0.15) is 64.2 Å². The fourth-order valence-corrected chi connectivity index (χ4v) is 5.41. The molecule has 1 atom stereocenters. The monoisotopic (exact) mass is 490 g/mol. The zero-order valence-electron chi connectivity index (χ0n) is 20.1. The Bertz CT molecular complexity index is 1180. The van der Waals surface area contributed by atoms with Crippen molar-refractivity contribution in [2.24, 2.45) is 0 Å². The summed E-state index contributed by atoms with van der Waals surface area (Å²) in [5.74, 6) is 2.00. The van der Waals surface area contributed by atoms with Crippen LogP contribution in [0.15, 0.2) is 53.7 Å². The van der Waals surface area contributed by atoms with Crippen LogP contribution in [0.5, 0.6) is 11.6 Å². The molecule has 8 heteroatoms. The van der Waals surface area contributed by atoms with Crippen LogP contribution in [0.3, 0.4) is 0 Å². The Kier molecular flexibility index (Phi) is 7.18. The fourth-order valence-electron chi connectivity index (χ4n) is 4.55. The van der Waals surface area contributed by atoms with Crippen molar-refractivity contribution in [1.29, 1.82) is 0 Å². The van der Waals surface area contributed by atoms with Crippen molar-refractivity contribution in [3.63, 3.8) is 0 Å². The Morgan fingerprint density at radius 3 is 2.63 bits per heavy atom. The van der Waals surface area contributed by atoms with Crippen LogP contribution in [0.2, 0.25) is 0 Å². The molecule has 1 fully saturated rings.